The largest absolute Gasteiger partial charge is 0.316 e. The van der Waals surface area contributed by atoms with Crippen molar-refractivity contribution in [1.29, 1.82) is 0 Å². The van der Waals surface area contributed by atoms with E-state index in [9.17, 15) is 4.79 Å². The van der Waals surface area contributed by atoms with Gasteiger partial charge in [0.15, 0.2) is 0 Å². The van der Waals surface area contributed by atoms with Gasteiger partial charge in [-0.3, -0.25) is 4.79 Å². The third kappa shape index (κ3) is 2.26. The van der Waals surface area contributed by atoms with Crippen LogP contribution in [0.3, 0.4) is 0 Å². The molecule has 0 aromatic carbocycles. The molecule has 0 saturated carbocycles. The normalized spacial score (nSPS) is 25.5. The molecule has 0 bridgehead atoms. The molecule has 1 aliphatic heterocycles. The predicted molar refractivity (Wildman–Crippen MR) is 65.7 cm³/mol. The molecule has 0 N–H and O–H groups in total. The van der Waals surface area contributed by atoms with Gasteiger partial charge in [0.1, 0.15) is 0 Å². The summed E-state index contributed by atoms with van der Waals surface area (Å²) in [6, 6.07) is 0. The number of amides is 1. The summed E-state index contributed by atoms with van der Waals surface area (Å²) in [6.07, 6.45) is 11.2. The van der Waals surface area contributed by atoms with Crippen molar-refractivity contribution in [1.82, 2.24) is 4.90 Å². The van der Waals surface area contributed by atoms with Gasteiger partial charge in [0.2, 0.25) is 5.91 Å². The number of allylic oxidation sites excluding steroid dienone is 5. The highest BCUT2D eigenvalue weighted by Gasteiger charge is 2.28. The minimum absolute atomic E-state index is 0.278. The fourth-order valence-corrected chi connectivity index (χ4v) is 2.26. The van der Waals surface area contributed by atoms with Crippen molar-refractivity contribution in [2.45, 2.75) is 33.1 Å². The van der Waals surface area contributed by atoms with Crippen LogP contribution >= 0.6 is 0 Å². The van der Waals surface area contributed by atoms with E-state index in [1.165, 1.54) is 5.57 Å². The third-order valence-electron chi connectivity index (χ3n) is 3.22. The molecule has 1 atom stereocenters. The van der Waals surface area contributed by atoms with Crippen molar-refractivity contribution in [3.8, 4) is 0 Å². The lowest BCUT2D eigenvalue weighted by atomic mass is 10.2. The van der Waals surface area contributed by atoms with Gasteiger partial charge in [0, 0.05) is 25.1 Å². The van der Waals surface area contributed by atoms with Gasteiger partial charge in [-0.2, -0.15) is 0 Å². The molecule has 2 heteroatoms. The van der Waals surface area contributed by atoms with Crippen LogP contribution in [0.1, 0.15) is 33.1 Å². The Morgan fingerprint density at radius 1 is 1.44 bits per heavy atom. The predicted octanol–water partition coefficient (Wildman–Crippen LogP) is 3.04. The highest BCUT2D eigenvalue weighted by atomic mass is 16.2. The van der Waals surface area contributed by atoms with Gasteiger partial charge in [-0.05, 0) is 24.0 Å². The smallest absolute Gasteiger partial charge is 0.227 e. The van der Waals surface area contributed by atoms with Crippen molar-refractivity contribution < 1.29 is 4.79 Å². The molecular formula is C14H19NO. The summed E-state index contributed by atoms with van der Waals surface area (Å²) in [6.45, 7) is 5.17. The molecule has 1 unspecified atom stereocenters. The molecule has 0 aromatic heterocycles. The summed E-state index contributed by atoms with van der Waals surface area (Å²) in [4.78, 5) is 13.7. The molecule has 2 nitrogen and oxygen atoms in total. The number of hydrogen-bond donors (Lipinski definition) is 0. The van der Waals surface area contributed by atoms with Crippen LogP contribution in [-0.4, -0.2) is 17.4 Å². The Morgan fingerprint density at radius 3 is 2.88 bits per heavy atom. The van der Waals surface area contributed by atoms with E-state index in [1.54, 1.807) is 0 Å². The molecule has 1 heterocycles. The molecule has 2 rings (SSSR count). The van der Waals surface area contributed by atoms with E-state index in [-0.39, 0.29) is 5.91 Å². The summed E-state index contributed by atoms with van der Waals surface area (Å²) in [7, 11) is 0. The minimum atomic E-state index is 0.278. The third-order valence-corrected chi connectivity index (χ3v) is 3.22. The van der Waals surface area contributed by atoms with Crippen LogP contribution in [0.5, 0.6) is 0 Å². The van der Waals surface area contributed by atoms with E-state index in [1.807, 2.05) is 4.90 Å². The van der Waals surface area contributed by atoms with Gasteiger partial charge in [-0.1, -0.05) is 32.1 Å². The molecule has 0 radical (unpaired) electrons. The zero-order chi connectivity index (χ0) is 11.5. The fraction of sp³-hybridized carbons (Fsp3) is 0.500. The standard InChI is InChI=1S/C14H19NO/c1-3-12-5-4-6-13(8-7-12)15-10-11(2)9-14(15)16/h4-5,7-8,11H,3,6,9-10H2,1-2H3. The average molecular weight is 217 g/mol. The zero-order valence-corrected chi connectivity index (χ0v) is 10.1. The van der Waals surface area contributed by atoms with Crippen LogP contribution in [0.15, 0.2) is 35.6 Å². The number of hydrogen-bond acceptors (Lipinski definition) is 1. The number of carbonyl (C=O) groups excluding carboxylic acids is 1. The van der Waals surface area contributed by atoms with Crippen LogP contribution in [0.25, 0.3) is 0 Å². The van der Waals surface area contributed by atoms with Gasteiger partial charge in [-0.15, -0.1) is 0 Å². The molecule has 86 valence electrons. The molecule has 1 aliphatic carbocycles. The van der Waals surface area contributed by atoms with Crippen molar-refractivity contribution >= 4 is 5.91 Å². The summed E-state index contributed by atoms with van der Waals surface area (Å²) in [5.74, 6) is 0.774. The Balaban J connectivity index is 2.16. The first kappa shape index (κ1) is 11.2. The molecule has 1 fully saturated rings. The molecule has 1 amide bonds. The first-order chi connectivity index (χ1) is 7.70. The van der Waals surface area contributed by atoms with Gasteiger partial charge in [0.25, 0.3) is 0 Å². The maximum atomic E-state index is 11.8. The SMILES string of the molecule is CCC1=CC=C(N2CC(C)CC2=O)CC=C1. The van der Waals surface area contributed by atoms with Crippen molar-refractivity contribution in [2.75, 3.05) is 6.54 Å². The highest BCUT2D eigenvalue weighted by molar-refractivity contribution is 5.80. The van der Waals surface area contributed by atoms with Crippen molar-refractivity contribution in [3.63, 3.8) is 0 Å². The van der Waals surface area contributed by atoms with Crippen molar-refractivity contribution in [3.05, 3.63) is 35.6 Å². The topological polar surface area (TPSA) is 20.3 Å². The van der Waals surface area contributed by atoms with E-state index < -0.39 is 0 Å². The molecule has 16 heavy (non-hydrogen) atoms. The Bertz CT molecular complexity index is 376. The zero-order valence-electron chi connectivity index (χ0n) is 10.1. The number of likely N-dealkylation sites (tertiary alicyclic amines) is 1. The molecule has 0 spiro atoms. The maximum Gasteiger partial charge on any atom is 0.227 e. The molecule has 2 aliphatic rings. The van der Waals surface area contributed by atoms with E-state index in [2.05, 4.69) is 38.2 Å². The monoisotopic (exact) mass is 217 g/mol. The maximum absolute atomic E-state index is 11.8. The second kappa shape index (κ2) is 4.69. The first-order valence-electron chi connectivity index (χ1n) is 6.07. The Hall–Kier alpha value is -1.31. The van der Waals surface area contributed by atoms with Crippen LogP contribution in [-0.2, 0) is 4.79 Å². The highest BCUT2D eigenvalue weighted by Crippen LogP contribution is 2.25. The lowest BCUT2D eigenvalue weighted by Crippen LogP contribution is -2.24. The summed E-state index contributed by atoms with van der Waals surface area (Å²) < 4.78 is 0. The van der Waals surface area contributed by atoms with E-state index in [0.29, 0.717) is 12.3 Å². The van der Waals surface area contributed by atoms with Crippen LogP contribution in [0.4, 0.5) is 0 Å². The number of rotatable bonds is 2. The molecular weight excluding hydrogens is 198 g/mol. The second-order valence-corrected chi connectivity index (χ2v) is 4.67. The van der Waals surface area contributed by atoms with E-state index in [4.69, 9.17) is 0 Å². The van der Waals surface area contributed by atoms with Gasteiger partial charge >= 0.3 is 0 Å². The Labute approximate surface area is 97.3 Å². The minimum Gasteiger partial charge on any atom is -0.316 e. The van der Waals surface area contributed by atoms with Gasteiger partial charge < -0.3 is 4.90 Å². The average Bonchev–Trinajstić information content (AvgIpc) is 2.51. The molecule has 1 saturated heterocycles. The van der Waals surface area contributed by atoms with E-state index >= 15 is 0 Å². The van der Waals surface area contributed by atoms with Crippen LogP contribution in [0.2, 0.25) is 0 Å². The van der Waals surface area contributed by atoms with Crippen LogP contribution < -0.4 is 0 Å². The van der Waals surface area contributed by atoms with E-state index in [0.717, 1.165) is 25.1 Å². The quantitative estimate of drug-likeness (QED) is 0.696. The summed E-state index contributed by atoms with van der Waals surface area (Å²) in [5, 5.41) is 0. The first-order valence-corrected chi connectivity index (χ1v) is 6.07. The lowest BCUT2D eigenvalue weighted by molar-refractivity contribution is -0.126. The van der Waals surface area contributed by atoms with Crippen molar-refractivity contribution in [2.24, 2.45) is 5.92 Å². The van der Waals surface area contributed by atoms with Gasteiger partial charge in [0.05, 0.1) is 0 Å². The second-order valence-electron chi connectivity index (χ2n) is 4.67. The van der Waals surface area contributed by atoms with Crippen LogP contribution in [0, 0.1) is 5.92 Å². The number of nitrogens with zero attached hydrogens (tertiary/aromatic N) is 1. The number of carbonyl (C=O) groups is 1. The lowest BCUT2D eigenvalue weighted by Gasteiger charge is -2.18. The summed E-state index contributed by atoms with van der Waals surface area (Å²) >= 11 is 0. The molecule has 0 aromatic rings. The summed E-state index contributed by atoms with van der Waals surface area (Å²) in [5.41, 5.74) is 2.48. The Kier molecular flexibility index (Phi) is 3.28. The Morgan fingerprint density at radius 2 is 2.25 bits per heavy atom. The van der Waals surface area contributed by atoms with Gasteiger partial charge in [-0.25, -0.2) is 0 Å². The fourth-order valence-electron chi connectivity index (χ4n) is 2.26.